The molecule has 0 aliphatic heterocycles. The standard InChI is InChI=1S/C46H66N12O6/c1-29(15-9-13-19-57-37(55-39-43(47)51-27-53-45(39)57)25-31-21-33(59-3)41(63-7)34(22-31)60-4)49-17-11-12-18-50-30(2)16-10-14-20-58-38(56-40-44(48)52-28-54-46(40)58)26-32-23-35(61-5)42(64-8)36(24-32)62-6/h21-24,27-30,49-50H,9-20,25-26H2,1-8H3,(H2,47,51,53)(H2,48,52,54). The Morgan fingerprint density at radius 2 is 0.891 bits per heavy atom. The predicted molar refractivity (Wildman–Crippen MR) is 249 cm³/mol. The molecule has 0 fully saturated rings. The highest BCUT2D eigenvalue weighted by molar-refractivity contribution is 5.82. The molecule has 6 aromatic rings. The van der Waals surface area contributed by atoms with Crippen molar-refractivity contribution in [2.75, 3.05) is 67.2 Å². The largest absolute Gasteiger partial charge is 0.493 e. The number of rotatable bonds is 27. The third-order valence-corrected chi connectivity index (χ3v) is 11.6. The van der Waals surface area contributed by atoms with Crippen LogP contribution >= 0.6 is 0 Å². The fourth-order valence-corrected chi connectivity index (χ4v) is 8.17. The molecule has 2 unspecified atom stereocenters. The molecule has 0 amide bonds. The highest BCUT2D eigenvalue weighted by Crippen LogP contribution is 2.40. The molecule has 6 N–H and O–H groups in total. The lowest BCUT2D eigenvalue weighted by Crippen LogP contribution is -2.29. The molecule has 0 saturated carbocycles. The molecule has 64 heavy (non-hydrogen) atoms. The molecule has 4 aromatic heterocycles. The van der Waals surface area contributed by atoms with E-state index in [1.165, 1.54) is 12.7 Å². The van der Waals surface area contributed by atoms with Crippen molar-refractivity contribution in [3.05, 3.63) is 59.7 Å². The van der Waals surface area contributed by atoms with Crippen LogP contribution in [0.5, 0.6) is 34.5 Å². The normalized spacial score (nSPS) is 12.4. The van der Waals surface area contributed by atoms with Crippen LogP contribution in [0.3, 0.4) is 0 Å². The van der Waals surface area contributed by atoms with E-state index in [4.69, 9.17) is 49.9 Å². The molecule has 0 aliphatic rings. The van der Waals surface area contributed by atoms with Gasteiger partial charge >= 0.3 is 0 Å². The molecule has 0 bridgehead atoms. The fraction of sp³-hybridized carbons (Fsp3) is 0.522. The van der Waals surface area contributed by atoms with E-state index < -0.39 is 0 Å². The van der Waals surface area contributed by atoms with Crippen molar-refractivity contribution >= 4 is 34.0 Å². The number of anilines is 2. The van der Waals surface area contributed by atoms with Gasteiger partial charge in [-0.1, -0.05) is 12.8 Å². The van der Waals surface area contributed by atoms with Crippen molar-refractivity contribution in [1.29, 1.82) is 0 Å². The molecule has 2 atom stereocenters. The summed E-state index contributed by atoms with van der Waals surface area (Å²) in [7, 11) is 9.65. The van der Waals surface area contributed by atoms with Gasteiger partial charge in [0.05, 0.1) is 42.7 Å². The van der Waals surface area contributed by atoms with Crippen LogP contribution in [0.15, 0.2) is 36.9 Å². The second-order valence-electron chi connectivity index (χ2n) is 16.1. The van der Waals surface area contributed by atoms with Crippen molar-refractivity contribution in [1.82, 2.24) is 49.7 Å². The summed E-state index contributed by atoms with van der Waals surface area (Å²) in [6.45, 7) is 8.05. The van der Waals surface area contributed by atoms with E-state index in [1.54, 1.807) is 42.7 Å². The summed E-state index contributed by atoms with van der Waals surface area (Å²) in [5.74, 6) is 5.94. The van der Waals surface area contributed by atoms with Crippen LogP contribution in [-0.2, 0) is 25.9 Å². The number of nitrogens with two attached hydrogens (primary N) is 2. The first kappa shape index (κ1) is 47.3. The van der Waals surface area contributed by atoms with Crippen LogP contribution in [0.1, 0.15) is 88.0 Å². The average molecular weight is 883 g/mol. The Labute approximate surface area is 375 Å². The Balaban J connectivity index is 0.902. The quantitative estimate of drug-likeness (QED) is 0.0427. The molecule has 18 nitrogen and oxygen atoms in total. The Hall–Kier alpha value is -6.14. The van der Waals surface area contributed by atoms with Gasteiger partial charge in [0.1, 0.15) is 24.3 Å². The number of nitrogen functional groups attached to an aromatic ring is 2. The average Bonchev–Trinajstić information content (AvgIpc) is 3.84. The maximum atomic E-state index is 6.23. The van der Waals surface area contributed by atoms with Crippen LogP contribution < -0.4 is 50.5 Å². The van der Waals surface area contributed by atoms with Crippen LogP contribution in [0.25, 0.3) is 22.3 Å². The molecule has 2 aromatic carbocycles. The van der Waals surface area contributed by atoms with Gasteiger partial charge in [0.15, 0.2) is 57.0 Å². The monoisotopic (exact) mass is 883 g/mol. The Bertz CT molecular complexity index is 2220. The summed E-state index contributed by atoms with van der Waals surface area (Å²) in [4.78, 5) is 27.2. The highest BCUT2D eigenvalue weighted by atomic mass is 16.5. The van der Waals surface area contributed by atoms with E-state index in [0.29, 0.717) is 82.1 Å². The lowest BCUT2D eigenvalue weighted by atomic mass is 10.1. The Kier molecular flexibility index (Phi) is 17.0. The van der Waals surface area contributed by atoms with Crippen LogP contribution in [0, 0.1) is 0 Å². The molecule has 0 radical (unpaired) electrons. The number of benzene rings is 2. The van der Waals surface area contributed by atoms with Crippen molar-refractivity contribution < 1.29 is 28.4 Å². The van der Waals surface area contributed by atoms with Gasteiger partial charge in [0.25, 0.3) is 0 Å². The van der Waals surface area contributed by atoms with Gasteiger partial charge in [-0.25, -0.2) is 29.9 Å². The van der Waals surface area contributed by atoms with Crippen LogP contribution in [0.4, 0.5) is 11.6 Å². The molecule has 346 valence electrons. The van der Waals surface area contributed by atoms with E-state index >= 15 is 0 Å². The van der Waals surface area contributed by atoms with Crippen molar-refractivity contribution in [2.24, 2.45) is 0 Å². The molecule has 0 aliphatic carbocycles. The Morgan fingerprint density at radius 3 is 1.23 bits per heavy atom. The number of fused-ring (bicyclic) bond motifs is 2. The number of nitrogens with one attached hydrogen (secondary N) is 2. The maximum Gasteiger partial charge on any atom is 0.203 e. The first-order valence-electron chi connectivity index (χ1n) is 22.1. The number of aryl methyl sites for hydroxylation is 2. The zero-order valence-electron chi connectivity index (χ0n) is 38.7. The number of aromatic nitrogens is 8. The van der Waals surface area contributed by atoms with Gasteiger partial charge in [0.2, 0.25) is 11.5 Å². The summed E-state index contributed by atoms with van der Waals surface area (Å²) in [6.07, 6.45) is 12.5. The lowest BCUT2D eigenvalue weighted by Gasteiger charge is -2.16. The molecule has 0 spiro atoms. The minimum absolute atomic E-state index is 0.372. The zero-order chi connectivity index (χ0) is 45.6. The summed E-state index contributed by atoms with van der Waals surface area (Å²) in [6, 6.07) is 8.63. The SMILES string of the molecule is COc1cc(Cc2nc3c(N)ncnc3n2CCCCC(C)NCCCCNC(C)CCCCn2c(Cc3cc(OC)c(OC)c(OC)c3)nc3c(N)ncnc32)cc(OC)c1OC. The molecular formula is C46H66N12O6. The number of ether oxygens (including phenoxy) is 6. The first-order chi connectivity index (χ1) is 31.1. The van der Waals surface area contributed by atoms with Gasteiger partial charge in [-0.2, -0.15) is 0 Å². The van der Waals surface area contributed by atoms with Crippen LogP contribution in [-0.4, -0.2) is 107 Å². The third-order valence-electron chi connectivity index (χ3n) is 11.6. The summed E-state index contributed by atoms with van der Waals surface area (Å²) in [5.41, 5.74) is 17.1. The zero-order valence-corrected chi connectivity index (χ0v) is 38.7. The van der Waals surface area contributed by atoms with E-state index in [1.807, 2.05) is 24.3 Å². The number of imidazole rings is 2. The minimum atomic E-state index is 0.372. The van der Waals surface area contributed by atoms with E-state index in [0.717, 1.165) is 112 Å². The smallest absolute Gasteiger partial charge is 0.203 e. The minimum Gasteiger partial charge on any atom is -0.493 e. The number of hydrogen-bond acceptors (Lipinski definition) is 16. The molecule has 0 saturated heterocycles. The number of unbranched alkanes of at least 4 members (excludes halogenated alkanes) is 3. The fourth-order valence-electron chi connectivity index (χ4n) is 8.17. The highest BCUT2D eigenvalue weighted by Gasteiger charge is 2.21. The number of nitrogens with zero attached hydrogens (tertiary/aromatic N) is 8. The lowest BCUT2D eigenvalue weighted by molar-refractivity contribution is 0.324. The summed E-state index contributed by atoms with van der Waals surface area (Å²) >= 11 is 0. The summed E-state index contributed by atoms with van der Waals surface area (Å²) < 4.78 is 37.7. The second-order valence-corrected chi connectivity index (χ2v) is 16.1. The molecular weight excluding hydrogens is 817 g/mol. The third kappa shape index (κ3) is 11.5. The summed E-state index contributed by atoms with van der Waals surface area (Å²) in [5, 5.41) is 7.45. The Morgan fingerprint density at radius 1 is 0.516 bits per heavy atom. The van der Waals surface area contributed by atoms with E-state index in [9.17, 15) is 0 Å². The second kappa shape index (κ2) is 23.0. The van der Waals surface area contributed by atoms with E-state index in [-0.39, 0.29) is 0 Å². The van der Waals surface area contributed by atoms with Gasteiger partial charge in [-0.05, 0) is 101 Å². The first-order valence-corrected chi connectivity index (χ1v) is 22.1. The molecule has 4 heterocycles. The number of hydrogen-bond donors (Lipinski definition) is 4. The maximum absolute atomic E-state index is 6.23. The van der Waals surface area contributed by atoms with E-state index in [2.05, 4.69) is 53.6 Å². The van der Waals surface area contributed by atoms with Gasteiger partial charge in [-0.3, -0.25) is 0 Å². The predicted octanol–water partition coefficient (Wildman–Crippen LogP) is 6.14. The van der Waals surface area contributed by atoms with Crippen molar-refractivity contribution in [3.63, 3.8) is 0 Å². The topological polar surface area (TPSA) is 219 Å². The van der Waals surface area contributed by atoms with Crippen molar-refractivity contribution in [2.45, 2.75) is 103 Å². The van der Waals surface area contributed by atoms with Gasteiger partial charge in [-0.15, -0.1) is 0 Å². The van der Waals surface area contributed by atoms with Crippen LogP contribution in [0.2, 0.25) is 0 Å². The van der Waals surface area contributed by atoms with Gasteiger partial charge in [0, 0.05) is 38.0 Å². The van der Waals surface area contributed by atoms with Gasteiger partial charge < -0.3 is 59.7 Å². The van der Waals surface area contributed by atoms with Crippen molar-refractivity contribution in [3.8, 4) is 34.5 Å². The number of methoxy groups -OCH3 is 6. The molecule has 18 heteroatoms. The molecule has 6 rings (SSSR count).